The van der Waals surface area contributed by atoms with Crippen LogP contribution in [0.15, 0.2) is 4.99 Å². The van der Waals surface area contributed by atoms with Gasteiger partial charge in [0.15, 0.2) is 5.96 Å². The van der Waals surface area contributed by atoms with Crippen LogP contribution in [-0.2, 0) is 0 Å². The second kappa shape index (κ2) is 8.00. The van der Waals surface area contributed by atoms with E-state index < -0.39 is 0 Å². The fourth-order valence-electron chi connectivity index (χ4n) is 2.29. The maximum atomic E-state index is 4.30. The summed E-state index contributed by atoms with van der Waals surface area (Å²) in [6.45, 7) is 8.39. The van der Waals surface area contributed by atoms with Gasteiger partial charge in [-0.25, -0.2) is 0 Å². The first kappa shape index (κ1) is 16.6. The third-order valence-electron chi connectivity index (χ3n) is 3.36. The fraction of sp³-hybridized carbons (Fsp3) is 0.929. The number of rotatable bonds is 5. The van der Waals surface area contributed by atoms with E-state index in [1.165, 1.54) is 19.3 Å². The van der Waals surface area contributed by atoms with Crippen LogP contribution in [0.4, 0.5) is 0 Å². The Morgan fingerprint density at radius 2 is 2.00 bits per heavy atom. The summed E-state index contributed by atoms with van der Waals surface area (Å²) in [7, 11) is 1.84. The Morgan fingerprint density at radius 1 is 1.26 bits per heavy atom. The molecule has 0 saturated heterocycles. The number of nitrogens with one attached hydrogen (secondary N) is 3. The number of guanidine groups is 1. The van der Waals surface area contributed by atoms with Gasteiger partial charge in [0.1, 0.15) is 0 Å². The highest BCUT2D eigenvalue weighted by molar-refractivity contribution is 7.99. The normalized spacial score (nSPS) is 24.6. The van der Waals surface area contributed by atoms with Crippen molar-refractivity contribution in [1.82, 2.24) is 16.0 Å². The van der Waals surface area contributed by atoms with E-state index in [0.717, 1.165) is 24.3 Å². The van der Waals surface area contributed by atoms with Crippen LogP contribution in [0.25, 0.3) is 0 Å². The molecule has 1 rings (SSSR count). The third kappa shape index (κ3) is 7.06. The van der Waals surface area contributed by atoms with Crippen molar-refractivity contribution in [1.29, 1.82) is 0 Å². The van der Waals surface area contributed by atoms with Crippen LogP contribution in [0.3, 0.4) is 0 Å². The average Bonchev–Trinajstić information content (AvgIpc) is 2.79. The Hall–Kier alpha value is -0.420. The van der Waals surface area contributed by atoms with Crippen LogP contribution in [-0.4, -0.2) is 49.2 Å². The molecule has 0 bridgehead atoms. The molecule has 112 valence electrons. The van der Waals surface area contributed by atoms with Gasteiger partial charge >= 0.3 is 0 Å². The first-order valence-corrected chi connectivity index (χ1v) is 8.48. The minimum atomic E-state index is 0.176. The standard InChI is InChI=1S/C14H30N4S/c1-14(2,3)17-9-8-16-13(15-4)18-11-6-7-12(10-11)19-5/h11-12,17H,6-10H2,1-5H3,(H2,15,16,18). The van der Waals surface area contributed by atoms with Gasteiger partial charge in [-0.1, -0.05) is 0 Å². The monoisotopic (exact) mass is 286 g/mol. The van der Waals surface area contributed by atoms with Crippen molar-refractivity contribution in [3.8, 4) is 0 Å². The zero-order valence-corrected chi connectivity index (χ0v) is 13.9. The van der Waals surface area contributed by atoms with Gasteiger partial charge in [-0.3, -0.25) is 4.99 Å². The largest absolute Gasteiger partial charge is 0.355 e. The van der Waals surface area contributed by atoms with E-state index in [1.54, 1.807) is 0 Å². The van der Waals surface area contributed by atoms with Crippen LogP contribution in [0.2, 0.25) is 0 Å². The summed E-state index contributed by atoms with van der Waals surface area (Å²) >= 11 is 1.98. The Morgan fingerprint density at radius 3 is 2.53 bits per heavy atom. The molecule has 2 unspecified atom stereocenters. The molecule has 1 fully saturated rings. The first-order valence-electron chi connectivity index (χ1n) is 7.19. The van der Waals surface area contributed by atoms with Gasteiger partial charge in [0.25, 0.3) is 0 Å². The number of nitrogens with zero attached hydrogens (tertiary/aromatic N) is 1. The minimum Gasteiger partial charge on any atom is -0.355 e. The van der Waals surface area contributed by atoms with Crippen molar-refractivity contribution in [3.63, 3.8) is 0 Å². The van der Waals surface area contributed by atoms with E-state index in [9.17, 15) is 0 Å². The molecule has 0 aromatic heterocycles. The van der Waals surface area contributed by atoms with Gasteiger partial charge < -0.3 is 16.0 Å². The summed E-state index contributed by atoms with van der Waals surface area (Å²) in [6.07, 6.45) is 6.04. The molecule has 1 aliphatic carbocycles. The SMILES string of the molecule is CN=C(NCCNC(C)(C)C)NC1CCC(SC)C1. The zero-order chi connectivity index (χ0) is 14.3. The maximum absolute atomic E-state index is 4.30. The van der Waals surface area contributed by atoms with Crippen LogP contribution >= 0.6 is 11.8 Å². The van der Waals surface area contributed by atoms with Crippen molar-refractivity contribution in [3.05, 3.63) is 0 Å². The molecule has 5 heteroatoms. The minimum absolute atomic E-state index is 0.176. The summed E-state index contributed by atoms with van der Waals surface area (Å²) in [5, 5.41) is 11.2. The molecule has 19 heavy (non-hydrogen) atoms. The number of hydrogen-bond acceptors (Lipinski definition) is 3. The Bertz CT molecular complexity index is 286. The molecule has 0 amide bonds. The molecule has 0 spiro atoms. The van der Waals surface area contributed by atoms with E-state index in [0.29, 0.717) is 6.04 Å². The van der Waals surface area contributed by atoms with Crippen molar-refractivity contribution in [2.24, 2.45) is 4.99 Å². The van der Waals surface area contributed by atoms with Gasteiger partial charge in [0, 0.05) is 37.0 Å². The quantitative estimate of drug-likeness (QED) is 0.410. The van der Waals surface area contributed by atoms with E-state index in [2.05, 4.69) is 48.0 Å². The van der Waals surface area contributed by atoms with Gasteiger partial charge in [-0.15, -0.1) is 0 Å². The molecule has 4 nitrogen and oxygen atoms in total. The van der Waals surface area contributed by atoms with Gasteiger partial charge in [0.05, 0.1) is 0 Å². The smallest absolute Gasteiger partial charge is 0.191 e. The molecule has 1 aliphatic rings. The van der Waals surface area contributed by atoms with E-state index in [4.69, 9.17) is 0 Å². The first-order chi connectivity index (χ1) is 8.94. The van der Waals surface area contributed by atoms with Crippen molar-refractivity contribution in [2.45, 2.75) is 56.9 Å². The van der Waals surface area contributed by atoms with Crippen LogP contribution < -0.4 is 16.0 Å². The highest BCUT2D eigenvalue weighted by atomic mass is 32.2. The lowest BCUT2D eigenvalue weighted by atomic mass is 10.1. The third-order valence-corrected chi connectivity index (χ3v) is 4.45. The molecule has 0 aliphatic heterocycles. The molecular formula is C14H30N4S. The lowest BCUT2D eigenvalue weighted by Crippen LogP contribution is -2.46. The van der Waals surface area contributed by atoms with Crippen LogP contribution in [0.5, 0.6) is 0 Å². The molecule has 0 radical (unpaired) electrons. The molecule has 3 N–H and O–H groups in total. The highest BCUT2D eigenvalue weighted by Crippen LogP contribution is 2.27. The van der Waals surface area contributed by atoms with Crippen molar-refractivity contribution >= 4 is 17.7 Å². The van der Waals surface area contributed by atoms with E-state index >= 15 is 0 Å². The summed E-state index contributed by atoms with van der Waals surface area (Å²) in [6, 6.07) is 0.583. The second-order valence-corrected chi connectivity index (χ2v) is 7.33. The lowest BCUT2D eigenvalue weighted by molar-refractivity contribution is 0.428. The molecule has 1 saturated carbocycles. The topological polar surface area (TPSA) is 48.5 Å². The Labute approximate surface area is 122 Å². The Kier molecular flexibility index (Phi) is 7.00. The number of aliphatic imine (C=N–C) groups is 1. The maximum Gasteiger partial charge on any atom is 0.191 e. The summed E-state index contributed by atoms with van der Waals surface area (Å²) < 4.78 is 0. The predicted octanol–water partition coefficient (Wildman–Crippen LogP) is 1.82. The zero-order valence-electron chi connectivity index (χ0n) is 13.0. The van der Waals surface area contributed by atoms with Crippen molar-refractivity contribution in [2.75, 3.05) is 26.4 Å². The van der Waals surface area contributed by atoms with Crippen molar-refractivity contribution < 1.29 is 0 Å². The van der Waals surface area contributed by atoms with Crippen LogP contribution in [0, 0.1) is 0 Å². The van der Waals surface area contributed by atoms with Gasteiger partial charge in [-0.05, 0) is 46.3 Å². The van der Waals surface area contributed by atoms with Gasteiger partial charge in [-0.2, -0.15) is 11.8 Å². The van der Waals surface area contributed by atoms with E-state index in [1.807, 2.05) is 18.8 Å². The molecule has 0 aromatic carbocycles. The summed E-state index contributed by atoms with van der Waals surface area (Å²) in [5.74, 6) is 0.933. The molecular weight excluding hydrogens is 256 g/mol. The Balaban J connectivity index is 2.20. The fourth-order valence-corrected chi connectivity index (χ4v) is 3.09. The lowest BCUT2D eigenvalue weighted by Gasteiger charge is -2.22. The number of hydrogen-bond donors (Lipinski definition) is 3. The van der Waals surface area contributed by atoms with Gasteiger partial charge in [0.2, 0.25) is 0 Å². The average molecular weight is 286 g/mol. The summed E-state index contributed by atoms with van der Waals surface area (Å²) in [4.78, 5) is 4.30. The molecule has 0 heterocycles. The summed E-state index contributed by atoms with van der Waals surface area (Å²) in [5.41, 5.74) is 0.176. The molecule has 0 aromatic rings. The van der Waals surface area contributed by atoms with Crippen LogP contribution in [0.1, 0.15) is 40.0 Å². The molecule has 2 atom stereocenters. The second-order valence-electron chi connectivity index (χ2n) is 6.19. The number of thioether (sulfide) groups is 1. The van der Waals surface area contributed by atoms with E-state index in [-0.39, 0.29) is 5.54 Å². The highest BCUT2D eigenvalue weighted by Gasteiger charge is 2.24. The predicted molar refractivity (Wildman–Crippen MR) is 87.2 cm³/mol.